The molecule has 0 aliphatic heterocycles. The molecule has 1 aromatic rings. The number of nitrogens with zero attached hydrogens (tertiary/aromatic N) is 1. The molecule has 0 aliphatic carbocycles. The summed E-state index contributed by atoms with van der Waals surface area (Å²) >= 11 is 0. The van der Waals surface area contributed by atoms with Gasteiger partial charge in [0.1, 0.15) is 0 Å². The van der Waals surface area contributed by atoms with Crippen molar-refractivity contribution in [3.63, 3.8) is 0 Å². The van der Waals surface area contributed by atoms with Crippen LogP contribution in [0, 0.1) is 0 Å². The summed E-state index contributed by atoms with van der Waals surface area (Å²) in [7, 11) is 0. The number of nitrogens with one attached hydrogen (secondary N) is 1. The zero-order chi connectivity index (χ0) is 7.82. The molecule has 1 aromatic heterocycles. The molecule has 0 spiro atoms. The first-order chi connectivity index (χ1) is 4.85. The molecule has 3 nitrogen and oxygen atoms in total. The van der Waals surface area contributed by atoms with Crippen molar-refractivity contribution >= 4 is 0 Å². The van der Waals surface area contributed by atoms with Crippen LogP contribution >= 0.6 is 0 Å². The third-order valence-corrected chi connectivity index (χ3v) is 0.725. The van der Waals surface area contributed by atoms with Crippen LogP contribution in [-0.4, -0.2) is 15.1 Å². The topological polar surface area (TPSA) is 48.9 Å². The van der Waals surface area contributed by atoms with Crippen molar-refractivity contribution in [1.29, 1.82) is 0 Å². The monoisotopic (exact) mass is 142 g/mol. The van der Waals surface area contributed by atoms with E-state index in [0.717, 1.165) is 5.69 Å². The van der Waals surface area contributed by atoms with Gasteiger partial charge in [-0.05, 0) is 0 Å². The van der Waals surface area contributed by atoms with Gasteiger partial charge in [-0.2, -0.15) is 0 Å². The van der Waals surface area contributed by atoms with Crippen LogP contribution in [0.15, 0.2) is 12.5 Å². The van der Waals surface area contributed by atoms with Crippen molar-refractivity contribution in [2.45, 2.75) is 26.9 Å². The van der Waals surface area contributed by atoms with Crippen molar-refractivity contribution in [2.24, 2.45) is 0 Å². The first kappa shape index (κ1) is 9.17. The molecule has 0 amide bonds. The molecule has 3 heteroatoms. The minimum Gasteiger partial charge on any atom is -0.390 e. The number of aromatic nitrogens is 2. The number of aromatic amines is 1. The van der Waals surface area contributed by atoms with E-state index < -0.39 is 0 Å². The highest BCUT2D eigenvalue weighted by Gasteiger charge is 1.83. The van der Waals surface area contributed by atoms with Gasteiger partial charge in [-0.3, -0.25) is 0 Å². The summed E-state index contributed by atoms with van der Waals surface area (Å²) in [6, 6.07) is 0. The van der Waals surface area contributed by atoms with Gasteiger partial charge in [0.2, 0.25) is 0 Å². The van der Waals surface area contributed by atoms with Crippen LogP contribution in [0.5, 0.6) is 0 Å². The predicted octanol–water partition coefficient (Wildman–Crippen LogP) is 1.32. The van der Waals surface area contributed by atoms with Crippen LogP contribution in [0.3, 0.4) is 0 Å². The Bertz CT molecular complexity index is 137. The van der Waals surface area contributed by atoms with Crippen molar-refractivity contribution in [2.75, 3.05) is 0 Å². The molecule has 1 heterocycles. The van der Waals surface area contributed by atoms with Crippen LogP contribution in [0.25, 0.3) is 0 Å². The minimum atomic E-state index is 0.0417. The number of imidazole rings is 1. The lowest BCUT2D eigenvalue weighted by Gasteiger charge is -1.79. The molecule has 10 heavy (non-hydrogen) atoms. The fourth-order valence-electron chi connectivity index (χ4n) is 0.371. The van der Waals surface area contributed by atoms with Crippen molar-refractivity contribution < 1.29 is 5.11 Å². The second-order valence-electron chi connectivity index (χ2n) is 1.94. The molecular weight excluding hydrogens is 128 g/mol. The average Bonchev–Trinajstić information content (AvgIpc) is 2.39. The van der Waals surface area contributed by atoms with Gasteiger partial charge in [-0.15, -0.1) is 0 Å². The van der Waals surface area contributed by atoms with Gasteiger partial charge in [0.15, 0.2) is 0 Å². The molecule has 0 saturated heterocycles. The second-order valence-corrected chi connectivity index (χ2v) is 1.94. The summed E-state index contributed by atoms with van der Waals surface area (Å²) in [5.41, 5.74) is 0.750. The largest absolute Gasteiger partial charge is 0.390 e. The highest BCUT2D eigenvalue weighted by molar-refractivity contribution is 4.90. The number of aliphatic hydroxyl groups is 1. The van der Waals surface area contributed by atoms with Gasteiger partial charge in [0.25, 0.3) is 0 Å². The summed E-state index contributed by atoms with van der Waals surface area (Å²) in [4.78, 5) is 6.40. The number of hydrogen-bond donors (Lipinski definition) is 2. The van der Waals surface area contributed by atoms with Gasteiger partial charge >= 0.3 is 0 Å². The molecule has 0 atom stereocenters. The molecule has 0 saturated carbocycles. The molecule has 0 aromatic carbocycles. The third-order valence-electron chi connectivity index (χ3n) is 0.725. The van der Waals surface area contributed by atoms with E-state index in [1.54, 1.807) is 6.20 Å². The minimum absolute atomic E-state index is 0.0417. The van der Waals surface area contributed by atoms with E-state index in [1.165, 1.54) is 12.7 Å². The van der Waals surface area contributed by atoms with Crippen LogP contribution in [-0.2, 0) is 6.61 Å². The first-order valence-electron chi connectivity index (χ1n) is 3.43. The zero-order valence-electron chi connectivity index (χ0n) is 6.46. The summed E-state index contributed by atoms with van der Waals surface area (Å²) in [5.74, 6) is 0. The fourth-order valence-corrected chi connectivity index (χ4v) is 0.371. The lowest BCUT2D eigenvalue weighted by Crippen LogP contribution is -1.77. The Morgan fingerprint density at radius 2 is 2.20 bits per heavy atom. The van der Waals surface area contributed by atoms with Crippen LogP contribution < -0.4 is 0 Å². The second kappa shape index (κ2) is 6.29. The normalized spacial score (nSPS) is 8.30. The van der Waals surface area contributed by atoms with Crippen molar-refractivity contribution in [3.05, 3.63) is 18.2 Å². The highest BCUT2D eigenvalue weighted by atomic mass is 16.3. The molecule has 0 fully saturated rings. The van der Waals surface area contributed by atoms with Crippen LogP contribution in [0.4, 0.5) is 0 Å². The Balaban J connectivity index is 0.000000236. The Morgan fingerprint density at radius 1 is 1.60 bits per heavy atom. The Labute approximate surface area is 61.1 Å². The SMILES string of the molecule is CCC.OCc1cnc[nH]1. The predicted molar refractivity (Wildman–Crippen MR) is 40.5 cm³/mol. The summed E-state index contributed by atoms with van der Waals surface area (Å²) in [6.07, 6.45) is 4.37. The average molecular weight is 142 g/mol. The number of rotatable bonds is 1. The molecule has 58 valence electrons. The quantitative estimate of drug-likeness (QED) is 0.621. The lowest BCUT2D eigenvalue weighted by molar-refractivity contribution is 0.277. The van der Waals surface area contributed by atoms with Crippen LogP contribution in [0.1, 0.15) is 26.0 Å². The Hall–Kier alpha value is -0.830. The molecule has 0 radical (unpaired) electrons. The highest BCUT2D eigenvalue weighted by Crippen LogP contribution is 1.86. The molecule has 0 aliphatic rings. The van der Waals surface area contributed by atoms with Gasteiger partial charge in [-0.25, -0.2) is 4.98 Å². The van der Waals surface area contributed by atoms with Gasteiger partial charge in [0, 0.05) is 0 Å². The molecule has 1 rings (SSSR count). The lowest BCUT2D eigenvalue weighted by atomic mass is 10.5. The number of aliphatic hydroxyl groups excluding tert-OH is 1. The van der Waals surface area contributed by atoms with E-state index in [0.29, 0.717) is 0 Å². The van der Waals surface area contributed by atoms with Crippen molar-refractivity contribution in [1.82, 2.24) is 9.97 Å². The standard InChI is InChI=1S/C4H6N2O.C3H8/c7-2-4-1-5-3-6-4;1-3-2/h1,3,7H,2H2,(H,5,6);3H2,1-2H3. The Morgan fingerprint density at radius 3 is 2.40 bits per heavy atom. The molecule has 2 N–H and O–H groups in total. The fraction of sp³-hybridized carbons (Fsp3) is 0.571. The number of hydrogen-bond acceptors (Lipinski definition) is 2. The summed E-state index contributed by atoms with van der Waals surface area (Å²) in [6.45, 7) is 4.29. The maximum Gasteiger partial charge on any atom is 0.0922 e. The zero-order valence-corrected chi connectivity index (χ0v) is 6.46. The summed E-state index contributed by atoms with van der Waals surface area (Å²) < 4.78 is 0. The molecule has 0 unspecified atom stereocenters. The van der Waals surface area contributed by atoms with Gasteiger partial charge in [-0.1, -0.05) is 20.3 Å². The summed E-state index contributed by atoms with van der Waals surface area (Å²) in [5, 5.41) is 8.36. The van der Waals surface area contributed by atoms with E-state index in [2.05, 4.69) is 23.8 Å². The molecular formula is C7H14N2O. The number of H-pyrrole nitrogens is 1. The van der Waals surface area contributed by atoms with E-state index in [-0.39, 0.29) is 6.61 Å². The van der Waals surface area contributed by atoms with Crippen LogP contribution in [0.2, 0.25) is 0 Å². The van der Waals surface area contributed by atoms with E-state index in [4.69, 9.17) is 5.11 Å². The maximum absolute atomic E-state index is 8.36. The smallest absolute Gasteiger partial charge is 0.0922 e. The molecule has 0 bridgehead atoms. The third kappa shape index (κ3) is 4.09. The van der Waals surface area contributed by atoms with E-state index in [9.17, 15) is 0 Å². The van der Waals surface area contributed by atoms with Crippen molar-refractivity contribution in [3.8, 4) is 0 Å². The maximum atomic E-state index is 8.36. The van der Waals surface area contributed by atoms with Gasteiger partial charge < -0.3 is 10.1 Å². The Kier molecular flexibility index (Phi) is 5.77. The first-order valence-corrected chi connectivity index (χ1v) is 3.43. The van der Waals surface area contributed by atoms with E-state index >= 15 is 0 Å². The van der Waals surface area contributed by atoms with Gasteiger partial charge in [0.05, 0.1) is 24.8 Å². The van der Waals surface area contributed by atoms with E-state index in [1.807, 2.05) is 0 Å².